The summed E-state index contributed by atoms with van der Waals surface area (Å²) >= 11 is 1.94. The third kappa shape index (κ3) is 6.03. The van der Waals surface area contributed by atoms with Gasteiger partial charge in [-0.05, 0) is 48.2 Å². The summed E-state index contributed by atoms with van der Waals surface area (Å²) in [5, 5.41) is 49.9. The summed E-state index contributed by atoms with van der Waals surface area (Å²) in [7, 11) is -1.90. The maximum atomic E-state index is 14.1. The molecule has 12 nitrogen and oxygen atoms in total. The van der Waals surface area contributed by atoms with E-state index in [1.54, 1.807) is 0 Å². The first-order valence-electron chi connectivity index (χ1n) is 11.6. The molecule has 41 heavy (non-hydrogen) atoms. The van der Waals surface area contributed by atoms with Crippen molar-refractivity contribution in [2.45, 2.75) is 18.3 Å². The average molecular weight is 705 g/mol. The number of rotatable bonds is 10. The molecule has 0 aliphatic heterocycles. The van der Waals surface area contributed by atoms with Gasteiger partial charge in [0.2, 0.25) is 21.9 Å². The molecule has 2 aromatic heterocycles. The third-order valence-electron chi connectivity index (χ3n) is 5.91. The van der Waals surface area contributed by atoms with E-state index in [1.807, 2.05) is 27.3 Å². The normalized spacial score (nSPS) is 12.9. The number of phenols is 2. The minimum atomic E-state index is -4.46. The van der Waals surface area contributed by atoms with Gasteiger partial charge < -0.3 is 20.1 Å². The summed E-state index contributed by atoms with van der Waals surface area (Å²) < 4.78 is 35.2. The van der Waals surface area contributed by atoms with Crippen molar-refractivity contribution in [3.63, 3.8) is 0 Å². The van der Waals surface area contributed by atoms with Gasteiger partial charge in [-0.2, -0.15) is 5.26 Å². The number of nitrogens with zero attached hydrogens (tertiary/aromatic N) is 6. The molecule has 4 aromatic rings. The van der Waals surface area contributed by atoms with Crippen molar-refractivity contribution in [2.24, 2.45) is 0 Å². The van der Waals surface area contributed by atoms with Crippen LogP contribution < -0.4 is 9.04 Å². The van der Waals surface area contributed by atoms with Crippen LogP contribution in [0.2, 0.25) is 0 Å². The van der Waals surface area contributed by atoms with Gasteiger partial charge in [-0.15, -0.1) is 10.2 Å². The molecule has 0 amide bonds. The third-order valence-corrected chi connectivity index (χ3v) is 9.04. The number of methoxy groups -OCH3 is 1. The number of halogens is 1. The fraction of sp³-hybridized carbons (Fsp3) is 0.154. The van der Waals surface area contributed by atoms with Crippen molar-refractivity contribution in [1.29, 1.82) is 5.26 Å². The van der Waals surface area contributed by atoms with Crippen molar-refractivity contribution < 1.29 is 28.5 Å². The van der Waals surface area contributed by atoms with Crippen LogP contribution in [0.15, 0.2) is 60.1 Å². The van der Waals surface area contributed by atoms with Gasteiger partial charge in [0.1, 0.15) is 22.4 Å². The predicted molar refractivity (Wildman–Crippen MR) is 160 cm³/mol. The second kappa shape index (κ2) is 12.6. The Bertz CT molecular complexity index is 1700. The molecular formula is C26H21IN6O6S2. The van der Waals surface area contributed by atoms with Crippen LogP contribution in [-0.2, 0) is 10.0 Å². The van der Waals surface area contributed by atoms with Crippen LogP contribution in [0.25, 0.3) is 17.2 Å². The van der Waals surface area contributed by atoms with Crippen LogP contribution >= 0.6 is 30.1 Å². The molecule has 0 saturated heterocycles. The number of aromatic hydroxyl groups is 2. The molecule has 4 rings (SSSR count). The fourth-order valence-corrected chi connectivity index (χ4v) is 5.84. The molecule has 210 valence electrons. The Morgan fingerprint density at radius 2 is 1.88 bits per heavy atom. The first kappa shape index (κ1) is 29.9. The molecule has 0 aliphatic rings. The van der Waals surface area contributed by atoms with E-state index in [-0.39, 0.29) is 34.6 Å². The highest BCUT2D eigenvalue weighted by Gasteiger charge is 2.38. The predicted octanol–water partition coefficient (Wildman–Crippen LogP) is 4.03. The standard InChI is InChI=1S/C26H21IN6O6S2/c1-16(24(36)18-11-9-17(15-28)10-12-18)41(37,38)32(13-14-40-27)26-31-30-25(19-5-3-8-22(29-19)39-2)33(26)23-20(34)6-4-7-21(23)35/h4,6-14,16,24,34-36H,1-2H3/b14-13+/t16-,24+/m1/s1. The van der Waals surface area contributed by atoms with Gasteiger partial charge in [-0.1, -0.05) is 33.2 Å². The number of nitriles is 1. The quantitative estimate of drug-likeness (QED) is 0.203. The average Bonchev–Trinajstić information content (AvgIpc) is 3.40. The lowest BCUT2D eigenvalue weighted by molar-refractivity contribution is 0.176. The number of sulfonamides is 1. The van der Waals surface area contributed by atoms with E-state index in [0.717, 1.165) is 8.87 Å². The summed E-state index contributed by atoms with van der Waals surface area (Å²) in [6, 6.07) is 18.8. The Morgan fingerprint density at radius 1 is 1.20 bits per heavy atom. The zero-order valence-corrected chi connectivity index (χ0v) is 25.2. The van der Waals surface area contributed by atoms with E-state index in [2.05, 4.69) is 27.3 Å². The van der Waals surface area contributed by atoms with E-state index >= 15 is 0 Å². The SMILES string of the molecule is COc1cc#cc(-c2nnc(N(/C=C/SI)S(=O)(=O)[C@H](C)[C@H](O)c3ccc(C#N)cc3)n2-c2c(O)cccc2O)n1. The molecule has 2 aromatic carbocycles. The highest BCUT2D eigenvalue weighted by atomic mass is 127. The maximum absolute atomic E-state index is 14.1. The second-order valence-electron chi connectivity index (χ2n) is 8.32. The largest absolute Gasteiger partial charge is 0.506 e. The zero-order valence-electron chi connectivity index (χ0n) is 21.4. The van der Waals surface area contributed by atoms with Crippen LogP contribution in [0.4, 0.5) is 5.95 Å². The van der Waals surface area contributed by atoms with Crippen LogP contribution in [0.5, 0.6) is 17.4 Å². The van der Waals surface area contributed by atoms with Crippen molar-refractivity contribution >= 4 is 46.1 Å². The monoisotopic (exact) mass is 704 g/mol. The Morgan fingerprint density at radius 3 is 2.49 bits per heavy atom. The van der Waals surface area contributed by atoms with Gasteiger partial charge in [0.25, 0.3) is 0 Å². The Hall–Kier alpha value is -4.03. The number of hydrogen-bond acceptors (Lipinski definition) is 11. The van der Waals surface area contributed by atoms with Gasteiger partial charge in [0.05, 0.1) is 30.9 Å². The molecule has 0 radical (unpaired) electrons. The fourth-order valence-electron chi connectivity index (χ4n) is 3.79. The Labute approximate surface area is 252 Å². The van der Waals surface area contributed by atoms with Crippen LogP contribution in [0, 0.1) is 23.5 Å². The highest BCUT2D eigenvalue weighted by molar-refractivity contribution is 14.2. The molecule has 0 saturated carbocycles. The second-order valence-corrected chi connectivity index (χ2v) is 12.5. The number of phenolic OH excluding ortho intramolecular Hbond substituents is 2. The lowest BCUT2D eigenvalue weighted by Gasteiger charge is -2.27. The molecule has 0 bridgehead atoms. The summed E-state index contributed by atoms with van der Waals surface area (Å²) in [6.45, 7) is 1.32. The zero-order chi connectivity index (χ0) is 29.7. The number of para-hydroxylation sites is 1. The van der Waals surface area contributed by atoms with Crippen molar-refractivity contribution in [2.75, 3.05) is 11.4 Å². The Kier molecular flexibility index (Phi) is 9.24. The highest BCUT2D eigenvalue weighted by Crippen LogP contribution is 2.38. The lowest BCUT2D eigenvalue weighted by Crippen LogP contribution is -2.38. The minimum Gasteiger partial charge on any atom is -0.506 e. The molecule has 0 aliphatic carbocycles. The molecule has 0 unspecified atom stereocenters. The van der Waals surface area contributed by atoms with Gasteiger partial charge >= 0.3 is 0 Å². The molecule has 15 heteroatoms. The number of aromatic nitrogens is 4. The van der Waals surface area contributed by atoms with Crippen LogP contribution in [-0.4, -0.2) is 55.8 Å². The first-order chi connectivity index (χ1) is 19.6. The number of hydrogen-bond donors (Lipinski definition) is 3. The molecule has 2 atom stereocenters. The minimum absolute atomic E-state index is 0.0287. The van der Waals surface area contributed by atoms with E-state index in [4.69, 9.17) is 10.00 Å². The van der Waals surface area contributed by atoms with Gasteiger partial charge in [-0.3, -0.25) is 4.57 Å². The molecule has 0 fully saturated rings. The topological polar surface area (TPSA) is 175 Å². The molecular weight excluding hydrogens is 683 g/mol. The maximum Gasteiger partial charge on any atom is 0.250 e. The number of ether oxygens (including phenoxy) is 1. The van der Waals surface area contributed by atoms with E-state index in [1.165, 1.54) is 83.1 Å². The molecule has 2 heterocycles. The van der Waals surface area contributed by atoms with E-state index in [0.29, 0.717) is 5.56 Å². The van der Waals surface area contributed by atoms with Gasteiger partial charge in [0.15, 0.2) is 11.5 Å². The van der Waals surface area contributed by atoms with Crippen molar-refractivity contribution in [3.8, 4) is 40.7 Å². The number of aliphatic hydroxyl groups excluding tert-OH is 1. The number of anilines is 1. The van der Waals surface area contributed by atoms with Gasteiger partial charge in [0, 0.05) is 27.4 Å². The summed E-state index contributed by atoms with van der Waals surface area (Å²) in [6.07, 6.45) is -0.279. The Balaban J connectivity index is 1.93. The lowest BCUT2D eigenvalue weighted by atomic mass is 10.1. The number of aliphatic hydroxyl groups is 1. The summed E-state index contributed by atoms with van der Waals surface area (Å²) in [5.41, 5.74) is 0.430. The summed E-state index contributed by atoms with van der Waals surface area (Å²) in [4.78, 5) is 4.27. The molecule has 0 spiro atoms. The van der Waals surface area contributed by atoms with Gasteiger partial charge in [-0.25, -0.2) is 17.7 Å². The summed E-state index contributed by atoms with van der Waals surface area (Å²) in [5.74, 6) is -1.11. The number of benzene rings is 2. The molecule has 3 N–H and O–H groups in total. The van der Waals surface area contributed by atoms with E-state index in [9.17, 15) is 23.7 Å². The first-order valence-corrected chi connectivity index (χ1v) is 16.5. The van der Waals surface area contributed by atoms with Crippen LogP contribution in [0.3, 0.4) is 0 Å². The van der Waals surface area contributed by atoms with Crippen molar-refractivity contribution in [3.05, 3.63) is 83.4 Å². The van der Waals surface area contributed by atoms with E-state index < -0.39 is 32.9 Å². The van der Waals surface area contributed by atoms with Crippen molar-refractivity contribution in [1.82, 2.24) is 19.7 Å². The van der Waals surface area contributed by atoms with Crippen LogP contribution in [0.1, 0.15) is 24.2 Å². The smallest absolute Gasteiger partial charge is 0.250 e.